The van der Waals surface area contributed by atoms with Gasteiger partial charge in [0.05, 0.1) is 0 Å². The zero-order valence-corrected chi connectivity index (χ0v) is 13.6. The number of hydrogen-bond acceptors (Lipinski definition) is 3. The van der Waals surface area contributed by atoms with Crippen LogP contribution in [0.1, 0.15) is 38.7 Å². The smallest absolute Gasteiger partial charge is 0.123 e. The number of likely N-dealkylation sites (N-methyl/N-ethyl adjacent to an activating group) is 1. The van der Waals surface area contributed by atoms with Crippen LogP contribution < -0.4 is 10.1 Å². The number of rotatable bonds is 10. The zero-order valence-electron chi connectivity index (χ0n) is 13.6. The summed E-state index contributed by atoms with van der Waals surface area (Å²) in [7, 11) is 0. The van der Waals surface area contributed by atoms with Crippen LogP contribution in [-0.4, -0.2) is 37.7 Å². The highest BCUT2D eigenvalue weighted by atomic mass is 16.5. The molecule has 118 valence electrons. The average Bonchev–Trinajstić information content (AvgIpc) is 2.47. The molecule has 0 radical (unpaired) electrons. The van der Waals surface area contributed by atoms with E-state index in [1.165, 1.54) is 31.4 Å². The number of ether oxygens (including phenoxy) is 1. The highest BCUT2D eigenvalue weighted by molar-refractivity contribution is 5.33. The third-order valence-corrected chi connectivity index (χ3v) is 4.39. The van der Waals surface area contributed by atoms with Gasteiger partial charge in [-0.25, -0.2) is 0 Å². The van der Waals surface area contributed by atoms with Gasteiger partial charge in [-0.3, -0.25) is 4.90 Å². The topological polar surface area (TPSA) is 24.5 Å². The highest BCUT2D eigenvalue weighted by Crippen LogP contribution is 2.27. The third kappa shape index (κ3) is 5.33. The Morgan fingerprint density at radius 1 is 1.24 bits per heavy atom. The Labute approximate surface area is 129 Å². The third-order valence-electron chi connectivity index (χ3n) is 4.39. The summed E-state index contributed by atoms with van der Waals surface area (Å²) in [5.74, 6) is 1.96. The molecule has 0 spiro atoms. The van der Waals surface area contributed by atoms with Crippen molar-refractivity contribution in [2.24, 2.45) is 5.92 Å². The predicted molar refractivity (Wildman–Crippen MR) is 88.8 cm³/mol. The zero-order chi connectivity index (χ0) is 14.9. The van der Waals surface area contributed by atoms with Gasteiger partial charge >= 0.3 is 0 Å². The largest absolute Gasteiger partial charge is 0.492 e. The molecule has 2 rings (SSSR count). The summed E-state index contributed by atoms with van der Waals surface area (Å²) in [4.78, 5) is 2.52. The quantitative estimate of drug-likeness (QED) is 0.715. The van der Waals surface area contributed by atoms with Crippen molar-refractivity contribution in [3.8, 4) is 5.75 Å². The van der Waals surface area contributed by atoms with Crippen molar-refractivity contribution in [3.05, 3.63) is 29.8 Å². The first kappa shape index (κ1) is 16.3. The van der Waals surface area contributed by atoms with Crippen molar-refractivity contribution >= 4 is 0 Å². The van der Waals surface area contributed by atoms with Crippen molar-refractivity contribution in [1.29, 1.82) is 0 Å². The van der Waals surface area contributed by atoms with Crippen molar-refractivity contribution in [2.75, 3.05) is 32.8 Å². The van der Waals surface area contributed by atoms with E-state index in [-0.39, 0.29) is 0 Å². The van der Waals surface area contributed by atoms with Crippen LogP contribution in [0, 0.1) is 5.92 Å². The Balaban J connectivity index is 1.76. The first-order valence-electron chi connectivity index (χ1n) is 8.47. The molecule has 0 saturated heterocycles. The molecule has 0 atom stereocenters. The van der Waals surface area contributed by atoms with E-state index in [0.29, 0.717) is 0 Å². The van der Waals surface area contributed by atoms with Crippen LogP contribution in [0.4, 0.5) is 0 Å². The normalized spacial score (nSPS) is 15.2. The number of para-hydroxylation sites is 1. The first-order chi connectivity index (χ1) is 10.3. The molecule has 1 fully saturated rings. The second-order valence-electron chi connectivity index (χ2n) is 5.93. The Hall–Kier alpha value is -1.06. The van der Waals surface area contributed by atoms with Gasteiger partial charge in [0.2, 0.25) is 0 Å². The molecule has 1 aliphatic carbocycles. The minimum atomic E-state index is 0.781. The van der Waals surface area contributed by atoms with Crippen LogP contribution in [0.2, 0.25) is 0 Å². The van der Waals surface area contributed by atoms with E-state index in [1.807, 2.05) is 0 Å². The summed E-state index contributed by atoms with van der Waals surface area (Å²) in [6.45, 7) is 10.4. The van der Waals surface area contributed by atoms with Gasteiger partial charge in [0, 0.05) is 25.2 Å². The van der Waals surface area contributed by atoms with Gasteiger partial charge < -0.3 is 10.1 Å². The molecule has 1 N–H and O–H groups in total. The van der Waals surface area contributed by atoms with Crippen molar-refractivity contribution in [2.45, 2.75) is 39.7 Å². The van der Waals surface area contributed by atoms with E-state index < -0.39 is 0 Å². The second-order valence-corrected chi connectivity index (χ2v) is 5.93. The maximum atomic E-state index is 6.02. The second kappa shape index (κ2) is 9.06. The molecule has 1 aromatic rings. The summed E-state index contributed by atoms with van der Waals surface area (Å²) >= 11 is 0. The molecular weight excluding hydrogens is 260 g/mol. The fraction of sp³-hybridized carbons (Fsp3) is 0.667. The van der Waals surface area contributed by atoms with Crippen LogP contribution in [0.25, 0.3) is 0 Å². The van der Waals surface area contributed by atoms with Gasteiger partial charge in [0.1, 0.15) is 12.4 Å². The maximum Gasteiger partial charge on any atom is 0.123 e. The fourth-order valence-electron chi connectivity index (χ4n) is 2.75. The SMILES string of the molecule is CCNCc1ccccc1OCCN(CC)CC1CCC1. The molecule has 0 amide bonds. The number of nitrogens with zero attached hydrogens (tertiary/aromatic N) is 1. The lowest BCUT2D eigenvalue weighted by Gasteiger charge is -2.31. The van der Waals surface area contributed by atoms with Gasteiger partial charge in [0.25, 0.3) is 0 Å². The molecule has 0 bridgehead atoms. The molecule has 0 unspecified atom stereocenters. The number of nitrogens with one attached hydrogen (secondary N) is 1. The molecular formula is C18H30N2O. The number of hydrogen-bond donors (Lipinski definition) is 1. The van der Waals surface area contributed by atoms with Gasteiger partial charge in [-0.1, -0.05) is 38.5 Å². The highest BCUT2D eigenvalue weighted by Gasteiger charge is 2.19. The Morgan fingerprint density at radius 3 is 2.71 bits per heavy atom. The maximum absolute atomic E-state index is 6.02. The summed E-state index contributed by atoms with van der Waals surface area (Å²) in [6.07, 6.45) is 4.27. The summed E-state index contributed by atoms with van der Waals surface area (Å²) < 4.78 is 6.02. The Morgan fingerprint density at radius 2 is 2.05 bits per heavy atom. The van der Waals surface area contributed by atoms with Gasteiger partial charge in [-0.05, 0) is 37.9 Å². The lowest BCUT2D eigenvalue weighted by Crippen LogP contribution is -2.35. The van der Waals surface area contributed by atoms with Crippen LogP contribution in [0.5, 0.6) is 5.75 Å². The van der Waals surface area contributed by atoms with Crippen molar-refractivity contribution in [3.63, 3.8) is 0 Å². The lowest BCUT2D eigenvalue weighted by atomic mass is 9.85. The molecule has 0 aliphatic heterocycles. The predicted octanol–water partition coefficient (Wildman–Crippen LogP) is 3.30. The van der Waals surface area contributed by atoms with Crippen molar-refractivity contribution in [1.82, 2.24) is 10.2 Å². The van der Waals surface area contributed by atoms with E-state index in [9.17, 15) is 0 Å². The van der Waals surface area contributed by atoms with Crippen LogP contribution >= 0.6 is 0 Å². The monoisotopic (exact) mass is 290 g/mol. The van der Waals surface area contributed by atoms with Gasteiger partial charge in [0.15, 0.2) is 0 Å². The Kier molecular flexibility index (Phi) is 7.04. The summed E-state index contributed by atoms with van der Waals surface area (Å²) in [6, 6.07) is 8.35. The van der Waals surface area contributed by atoms with Crippen LogP contribution in [0.3, 0.4) is 0 Å². The minimum absolute atomic E-state index is 0.781. The van der Waals surface area contributed by atoms with Crippen LogP contribution in [-0.2, 0) is 6.54 Å². The fourth-order valence-corrected chi connectivity index (χ4v) is 2.75. The molecule has 0 heterocycles. The van der Waals surface area contributed by atoms with E-state index in [2.05, 4.69) is 48.3 Å². The molecule has 3 heteroatoms. The Bertz CT molecular complexity index is 404. The molecule has 1 aliphatic rings. The average molecular weight is 290 g/mol. The molecule has 1 saturated carbocycles. The molecule has 3 nitrogen and oxygen atoms in total. The lowest BCUT2D eigenvalue weighted by molar-refractivity contribution is 0.158. The van der Waals surface area contributed by atoms with E-state index in [0.717, 1.165) is 44.5 Å². The molecule has 1 aromatic carbocycles. The first-order valence-corrected chi connectivity index (χ1v) is 8.47. The van der Waals surface area contributed by atoms with E-state index >= 15 is 0 Å². The minimum Gasteiger partial charge on any atom is -0.492 e. The molecule has 21 heavy (non-hydrogen) atoms. The van der Waals surface area contributed by atoms with E-state index in [4.69, 9.17) is 4.74 Å². The van der Waals surface area contributed by atoms with E-state index in [1.54, 1.807) is 0 Å². The van der Waals surface area contributed by atoms with Gasteiger partial charge in [-0.2, -0.15) is 0 Å². The van der Waals surface area contributed by atoms with Gasteiger partial charge in [-0.15, -0.1) is 0 Å². The van der Waals surface area contributed by atoms with Crippen molar-refractivity contribution < 1.29 is 4.74 Å². The summed E-state index contributed by atoms with van der Waals surface area (Å²) in [5.41, 5.74) is 1.25. The summed E-state index contributed by atoms with van der Waals surface area (Å²) in [5, 5.41) is 3.37. The standard InChI is InChI=1S/C18H30N2O/c1-3-19-14-17-10-5-6-11-18(17)21-13-12-20(4-2)15-16-8-7-9-16/h5-6,10-11,16,19H,3-4,7-9,12-15H2,1-2H3. The van der Waals surface area contributed by atoms with Crippen LogP contribution in [0.15, 0.2) is 24.3 Å². The number of benzene rings is 1. The molecule has 0 aromatic heterocycles.